The fourth-order valence-corrected chi connectivity index (χ4v) is 2.51. The maximum absolute atomic E-state index is 9.07. The minimum Gasteiger partial charge on any atom is -0.303 e. The normalized spacial score (nSPS) is 21.4. The zero-order chi connectivity index (χ0) is 13.4. The van der Waals surface area contributed by atoms with Crippen LogP contribution in [0.4, 0.5) is 0 Å². The second-order valence-corrected chi connectivity index (χ2v) is 5.93. The van der Waals surface area contributed by atoms with Crippen LogP contribution in [0.2, 0.25) is 0 Å². The van der Waals surface area contributed by atoms with Gasteiger partial charge in [-0.3, -0.25) is 0 Å². The summed E-state index contributed by atoms with van der Waals surface area (Å²) in [7, 11) is 0. The highest BCUT2D eigenvalue weighted by Gasteiger charge is 2.28. The summed E-state index contributed by atoms with van der Waals surface area (Å²) in [6, 6.07) is 2.40. The van der Waals surface area contributed by atoms with Gasteiger partial charge in [0, 0.05) is 6.54 Å². The third kappa shape index (κ3) is 4.96. The van der Waals surface area contributed by atoms with E-state index in [1.54, 1.807) is 0 Å². The minimum atomic E-state index is 0.0319. The van der Waals surface area contributed by atoms with Crippen LogP contribution in [-0.2, 0) is 0 Å². The van der Waals surface area contributed by atoms with E-state index in [-0.39, 0.29) is 6.04 Å². The summed E-state index contributed by atoms with van der Waals surface area (Å²) in [5, 5.41) is 12.4. The molecule has 1 aliphatic heterocycles. The van der Waals surface area contributed by atoms with Crippen molar-refractivity contribution in [3.8, 4) is 6.07 Å². The number of nitriles is 1. The van der Waals surface area contributed by atoms with Crippen molar-refractivity contribution in [3.05, 3.63) is 0 Å². The molecule has 1 unspecified atom stereocenters. The molecule has 0 saturated carbocycles. The van der Waals surface area contributed by atoms with Crippen molar-refractivity contribution in [3.63, 3.8) is 0 Å². The van der Waals surface area contributed by atoms with Crippen LogP contribution in [-0.4, -0.2) is 37.1 Å². The van der Waals surface area contributed by atoms with E-state index in [1.165, 1.54) is 32.4 Å². The van der Waals surface area contributed by atoms with Gasteiger partial charge >= 0.3 is 0 Å². The van der Waals surface area contributed by atoms with E-state index in [0.29, 0.717) is 5.41 Å². The number of piperidine rings is 1. The molecule has 3 heteroatoms. The Morgan fingerprint density at radius 3 is 2.50 bits per heavy atom. The third-order valence-electron chi connectivity index (χ3n) is 4.45. The molecular weight excluding hydrogens is 222 g/mol. The summed E-state index contributed by atoms with van der Waals surface area (Å²) in [5.41, 5.74) is 0.561. The van der Waals surface area contributed by atoms with Gasteiger partial charge in [-0.15, -0.1) is 0 Å². The fraction of sp³-hybridized carbons (Fsp3) is 0.933. The topological polar surface area (TPSA) is 39.1 Å². The highest BCUT2D eigenvalue weighted by atomic mass is 15.1. The van der Waals surface area contributed by atoms with Crippen LogP contribution in [0.15, 0.2) is 0 Å². The highest BCUT2D eigenvalue weighted by Crippen LogP contribution is 2.33. The highest BCUT2D eigenvalue weighted by molar-refractivity contribution is 4.90. The van der Waals surface area contributed by atoms with Gasteiger partial charge in [0.05, 0.1) is 12.1 Å². The van der Waals surface area contributed by atoms with E-state index in [0.717, 1.165) is 25.9 Å². The van der Waals surface area contributed by atoms with Crippen LogP contribution >= 0.6 is 0 Å². The van der Waals surface area contributed by atoms with Crippen LogP contribution in [0.5, 0.6) is 0 Å². The van der Waals surface area contributed by atoms with Gasteiger partial charge in [-0.25, -0.2) is 0 Å². The maximum atomic E-state index is 9.07. The summed E-state index contributed by atoms with van der Waals surface area (Å²) >= 11 is 0. The van der Waals surface area contributed by atoms with Crippen molar-refractivity contribution in [2.24, 2.45) is 5.41 Å². The molecule has 1 rings (SSSR count). The molecule has 1 heterocycles. The second-order valence-electron chi connectivity index (χ2n) is 5.93. The Balaban J connectivity index is 2.23. The lowest BCUT2D eigenvalue weighted by molar-refractivity contribution is 0.112. The van der Waals surface area contributed by atoms with Crippen LogP contribution in [0, 0.1) is 16.7 Å². The standard InChI is InChI=1S/C15H29N3/c1-4-9-17-14(13-16)6-10-18-11-7-15(3,5-2)8-12-18/h14,17H,4-12H2,1-3H3. The van der Waals surface area contributed by atoms with E-state index in [2.05, 4.69) is 37.1 Å². The molecule has 1 saturated heterocycles. The molecule has 0 radical (unpaired) electrons. The zero-order valence-corrected chi connectivity index (χ0v) is 12.3. The first-order chi connectivity index (χ1) is 8.63. The number of hydrogen-bond donors (Lipinski definition) is 1. The summed E-state index contributed by atoms with van der Waals surface area (Å²) in [6.07, 6.45) is 5.96. The second kappa shape index (κ2) is 7.76. The molecule has 1 aliphatic rings. The summed E-state index contributed by atoms with van der Waals surface area (Å²) in [5.74, 6) is 0. The van der Waals surface area contributed by atoms with Gasteiger partial charge in [0.15, 0.2) is 0 Å². The van der Waals surface area contributed by atoms with Crippen LogP contribution < -0.4 is 5.32 Å². The van der Waals surface area contributed by atoms with Gasteiger partial charge in [-0.1, -0.05) is 27.2 Å². The van der Waals surface area contributed by atoms with E-state index in [9.17, 15) is 0 Å². The van der Waals surface area contributed by atoms with Crippen molar-refractivity contribution in [1.29, 1.82) is 5.26 Å². The third-order valence-corrected chi connectivity index (χ3v) is 4.45. The molecular formula is C15H29N3. The van der Waals surface area contributed by atoms with Gasteiger partial charge in [0.25, 0.3) is 0 Å². The molecule has 0 aromatic heterocycles. The smallest absolute Gasteiger partial charge is 0.0965 e. The largest absolute Gasteiger partial charge is 0.303 e. The Hall–Kier alpha value is -0.590. The predicted octanol–water partition coefficient (Wildman–Crippen LogP) is 2.78. The number of likely N-dealkylation sites (tertiary alicyclic amines) is 1. The van der Waals surface area contributed by atoms with Crippen LogP contribution in [0.25, 0.3) is 0 Å². The van der Waals surface area contributed by atoms with Crippen LogP contribution in [0.1, 0.15) is 52.9 Å². The Morgan fingerprint density at radius 2 is 2.00 bits per heavy atom. The first-order valence-electron chi connectivity index (χ1n) is 7.49. The maximum Gasteiger partial charge on any atom is 0.0965 e. The SMILES string of the molecule is CCCNC(C#N)CCN1CCC(C)(CC)CC1. The Kier molecular flexibility index (Phi) is 6.67. The number of nitrogens with one attached hydrogen (secondary N) is 1. The molecule has 0 bridgehead atoms. The fourth-order valence-electron chi connectivity index (χ4n) is 2.51. The van der Waals surface area contributed by atoms with E-state index in [1.807, 2.05) is 0 Å². The Morgan fingerprint density at radius 1 is 1.33 bits per heavy atom. The number of rotatable bonds is 7. The Bertz CT molecular complexity index is 261. The molecule has 0 aromatic rings. The van der Waals surface area contributed by atoms with Crippen molar-refractivity contribution in [1.82, 2.24) is 10.2 Å². The summed E-state index contributed by atoms with van der Waals surface area (Å²) in [4.78, 5) is 2.52. The molecule has 3 nitrogen and oxygen atoms in total. The molecule has 1 fully saturated rings. The molecule has 18 heavy (non-hydrogen) atoms. The Labute approximate surface area is 113 Å². The summed E-state index contributed by atoms with van der Waals surface area (Å²) < 4.78 is 0. The van der Waals surface area contributed by atoms with E-state index < -0.39 is 0 Å². The number of hydrogen-bond acceptors (Lipinski definition) is 3. The minimum absolute atomic E-state index is 0.0319. The van der Waals surface area contributed by atoms with Crippen LogP contribution in [0.3, 0.4) is 0 Å². The van der Waals surface area contributed by atoms with E-state index >= 15 is 0 Å². The molecule has 0 aliphatic carbocycles. The van der Waals surface area contributed by atoms with Gasteiger partial charge in [-0.05, 0) is 50.7 Å². The lowest BCUT2D eigenvalue weighted by Crippen LogP contribution is -2.41. The predicted molar refractivity (Wildman–Crippen MR) is 76.4 cm³/mol. The van der Waals surface area contributed by atoms with Crippen molar-refractivity contribution in [2.45, 2.75) is 58.9 Å². The average Bonchev–Trinajstić information content (AvgIpc) is 2.41. The molecule has 0 spiro atoms. The van der Waals surface area contributed by atoms with Crippen molar-refractivity contribution < 1.29 is 0 Å². The van der Waals surface area contributed by atoms with Gasteiger partial charge in [0.1, 0.15) is 0 Å². The molecule has 0 aromatic carbocycles. The molecule has 1 atom stereocenters. The zero-order valence-electron chi connectivity index (χ0n) is 12.3. The first-order valence-corrected chi connectivity index (χ1v) is 7.49. The lowest BCUT2D eigenvalue weighted by atomic mass is 9.78. The lowest BCUT2D eigenvalue weighted by Gasteiger charge is -2.39. The van der Waals surface area contributed by atoms with Crippen molar-refractivity contribution in [2.75, 3.05) is 26.2 Å². The van der Waals surface area contributed by atoms with Crippen molar-refractivity contribution >= 4 is 0 Å². The van der Waals surface area contributed by atoms with Gasteiger partial charge in [0.2, 0.25) is 0 Å². The monoisotopic (exact) mass is 251 g/mol. The van der Waals surface area contributed by atoms with E-state index in [4.69, 9.17) is 5.26 Å². The van der Waals surface area contributed by atoms with Gasteiger partial charge < -0.3 is 10.2 Å². The molecule has 0 amide bonds. The average molecular weight is 251 g/mol. The molecule has 1 N–H and O–H groups in total. The number of nitrogens with zero attached hydrogens (tertiary/aromatic N) is 2. The first kappa shape index (κ1) is 15.5. The van der Waals surface area contributed by atoms with Gasteiger partial charge in [-0.2, -0.15) is 5.26 Å². The summed E-state index contributed by atoms with van der Waals surface area (Å²) in [6.45, 7) is 11.3. The molecule has 104 valence electrons. The quantitative estimate of drug-likeness (QED) is 0.756.